The quantitative estimate of drug-likeness (QED) is 0.623. The number of methoxy groups -OCH3 is 1. The Bertz CT molecular complexity index is 524. The van der Waals surface area contributed by atoms with E-state index in [9.17, 15) is 9.59 Å². The summed E-state index contributed by atoms with van der Waals surface area (Å²) >= 11 is 0. The van der Waals surface area contributed by atoms with Crippen molar-refractivity contribution < 1.29 is 14.3 Å². The van der Waals surface area contributed by atoms with Crippen molar-refractivity contribution in [1.82, 2.24) is 4.90 Å². The van der Waals surface area contributed by atoms with Gasteiger partial charge < -0.3 is 9.64 Å². The Morgan fingerprint density at radius 2 is 2.05 bits per heavy atom. The highest BCUT2D eigenvalue weighted by Crippen LogP contribution is 2.31. The van der Waals surface area contributed by atoms with Crippen LogP contribution in [-0.4, -0.2) is 30.4 Å². The predicted octanol–water partition coefficient (Wildman–Crippen LogP) is 2.01. The molecule has 1 heterocycles. The molecule has 0 bridgehead atoms. The molecule has 0 unspecified atom stereocenters. The van der Waals surface area contributed by atoms with Gasteiger partial charge in [0.2, 0.25) is 5.91 Å². The summed E-state index contributed by atoms with van der Waals surface area (Å²) in [7, 11) is 1.35. The number of nitrogens with zero attached hydrogens (tertiary/aromatic N) is 1. The first-order valence-electron chi connectivity index (χ1n) is 6.60. The molecule has 20 heavy (non-hydrogen) atoms. The molecule has 1 saturated heterocycles. The van der Waals surface area contributed by atoms with Crippen molar-refractivity contribution in [2.75, 3.05) is 13.7 Å². The number of rotatable bonds is 4. The molecule has 0 radical (unpaired) electrons. The lowest BCUT2D eigenvalue weighted by Crippen LogP contribution is -2.27. The van der Waals surface area contributed by atoms with E-state index >= 15 is 0 Å². The van der Waals surface area contributed by atoms with Crippen molar-refractivity contribution in [3.8, 4) is 0 Å². The fourth-order valence-corrected chi connectivity index (χ4v) is 2.66. The smallest absolute Gasteiger partial charge is 0.311 e. The van der Waals surface area contributed by atoms with E-state index in [2.05, 4.69) is 6.58 Å². The Morgan fingerprint density at radius 1 is 1.40 bits per heavy atom. The van der Waals surface area contributed by atoms with Crippen molar-refractivity contribution in [1.29, 1.82) is 0 Å². The van der Waals surface area contributed by atoms with Crippen LogP contribution in [0.1, 0.15) is 12.5 Å². The Morgan fingerprint density at radius 3 is 2.60 bits per heavy atom. The third-order valence-corrected chi connectivity index (χ3v) is 3.65. The average molecular weight is 273 g/mol. The molecule has 1 aliphatic heterocycles. The van der Waals surface area contributed by atoms with E-state index in [-0.39, 0.29) is 11.9 Å². The number of ether oxygens (including phenoxy) is 1. The maximum absolute atomic E-state index is 12.4. The highest BCUT2D eigenvalue weighted by molar-refractivity contribution is 5.91. The Balaban J connectivity index is 2.18. The maximum atomic E-state index is 12.4. The number of carbonyl (C=O) groups is 2. The second-order valence-corrected chi connectivity index (χ2v) is 5.16. The zero-order valence-corrected chi connectivity index (χ0v) is 11.8. The van der Waals surface area contributed by atoms with E-state index < -0.39 is 11.8 Å². The molecule has 0 N–H and O–H groups in total. The van der Waals surface area contributed by atoms with Crippen molar-refractivity contribution >= 4 is 11.9 Å². The first-order chi connectivity index (χ1) is 9.54. The molecule has 1 aromatic rings. The van der Waals surface area contributed by atoms with Gasteiger partial charge in [0.15, 0.2) is 0 Å². The molecule has 1 fully saturated rings. The van der Waals surface area contributed by atoms with Gasteiger partial charge >= 0.3 is 5.97 Å². The predicted molar refractivity (Wildman–Crippen MR) is 75.7 cm³/mol. The molecule has 106 valence electrons. The van der Waals surface area contributed by atoms with Crippen molar-refractivity contribution in [3.05, 3.63) is 48.0 Å². The van der Waals surface area contributed by atoms with Crippen molar-refractivity contribution in [2.24, 2.45) is 11.8 Å². The van der Waals surface area contributed by atoms with Gasteiger partial charge in [-0.15, -0.1) is 0 Å². The van der Waals surface area contributed by atoms with E-state index in [0.717, 1.165) is 5.56 Å². The van der Waals surface area contributed by atoms with Gasteiger partial charge in [0.25, 0.3) is 0 Å². The van der Waals surface area contributed by atoms with Gasteiger partial charge in [0.1, 0.15) is 0 Å². The number of esters is 1. The minimum atomic E-state index is -0.467. The summed E-state index contributed by atoms with van der Waals surface area (Å²) in [5, 5.41) is 0. The molecule has 1 aromatic carbocycles. The average Bonchev–Trinajstić information content (AvgIpc) is 2.76. The summed E-state index contributed by atoms with van der Waals surface area (Å²) in [5.41, 5.74) is 1.76. The fraction of sp³-hybridized carbons (Fsp3) is 0.375. The molecular formula is C16H19NO3. The lowest BCUT2D eigenvalue weighted by Gasteiger charge is -2.16. The number of carbonyl (C=O) groups excluding carboxylic acids is 2. The molecule has 0 saturated carbocycles. The minimum Gasteiger partial charge on any atom is -0.469 e. The Hall–Kier alpha value is -2.10. The molecule has 1 aliphatic rings. The molecule has 2 rings (SSSR count). The van der Waals surface area contributed by atoms with Crippen LogP contribution in [0.4, 0.5) is 0 Å². The first kappa shape index (κ1) is 14.3. The van der Waals surface area contributed by atoms with Gasteiger partial charge in [-0.3, -0.25) is 9.59 Å². The third kappa shape index (κ3) is 2.74. The normalized spacial score (nSPS) is 21.9. The van der Waals surface area contributed by atoms with E-state index in [1.165, 1.54) is 7.11 Å². The van der Waals surface area contributed by atoms with Gasteiger partial charge in [0, 0.05) is 13.1 Å². The van der Waals surface area contributed by atoms with Crippen LogP contribution >= 0.6 is 0 Å². The lowest BCUT2D eigenvalue weighted by molar-refractivity contribution is -0.146. The number of hydrogen-bond acceptors (Lipinski definition) is 3. The summed E-state index contributed by atoms with van der Waals surface area (Å²) in [4.78, 5) is 26.0. The first-order valence-corrected chi connectivity index (χ1v) is 6.60. The van der Waals surface area contributed by atoms with E-state index in [1.54, 1.807) is 11.8 Å². The maximum Gasteiger partial charge on any atom is 0.311 e. The number of benzene rings is 1. The summed E-state index contributed by atoms with van der Waals surface area (Å²) in [6.07, 6.45) is 0. The van der Waals surface area contributed by atoms with Gasteiger partial charge in [-0.05, 0) is 12.5 Å². The SMILES string of the molecule is C=C(C)[C@H]1C(=O)N(Cc2ccccc2)C[C@@H]1C(=O)OC. The molecule has 0 aliphatic carbocycles. The number of amides is 1. The molecule has 0 spiro atoms. The van der Waals surface area contributed by atoms with Gasteiger partial charge in [-0.2, -0.15) is 0 Å². The second kappa shape index (κ2) is 5.90. The highest BCUT2D eigenvalue weighted by atomic mass is 16.5. The van der Waals surface area contributed by atoms with Crippen LogP contribution in [0.15, 0.2) is 42.5 Å². The van der Waals surface area contributed by atoms with Crippen LogP contribution < -0.4 is 0 Å². The van der Waals surface area contributed by atoms with E-state index in [1.807, 2.05) is 30.3 Å². The topological polar surface area (TPSA) is 46.6 Å². The Labute approximate surface area is 119 Å². The summed E-state index contributed by atoms with van der Waals surface area (Å²) in [6, 6.07) is 9.74. The van der Waals surface area contributed by atoms with Crippen LogP contribution in [0.2, 0.25) is 0 Å². The summed E-state index contributed by atoms with van der Waals surface area (Å²) < 4.78 is 4.80. The second-order valence-electron chi connectivity index (χ2n) is 5.16. The standard InChI is InChI=1S/C16H19NO3/c1-11(2)14-13(16(19)20-3)10-17(15(14)18)9-12-7-5-4-6-8-12/h4-8,13-14H,1,9-10H2,2-3H3/t13-,14+/m0/s1. The highest BCUT2D eigenvalue weighted by Gasteiger charge is 2.45. The van der Waals surface area contributed by atoms with Crippen LogP contribution in [0, 0.1) is 11.8 Å². The van der Waals surface area contributed by atoms with E-state index in [4.69, 9.17) is 4.74 Å². The zero-order chi connectivity index (χ0) is 14.7. The Kier molecular flexibility index (Phi) is 4.23. The van der Waals surface area contributed by atoms with Crippen LogP contribution in [0.5, 0.6) is 0 Å². The minimum absolute atomic E-state index is 0.0447. The number of likely N-dealkylation sites (tertiary alicyclic amines) is 1. The lowest BCUT2D eigenvalue weighted by atomic mass is 9.90. The zero-order valence-electron chi connectivity index (χ0n) is 11.8. The van der Waals surface area contributed by atoms with Crippen LogP contribution in [0.3, 0.4) is 0 Å². The molecule has 2 atom stereocenters. The van der Waals surface area contributed by atoms with Crippen LogP contribution in [0.25, 0.3) is 0 Å². The summed E-state index contributed by atoms with van der Waals surface area (Å²) in [5.74, 6) is -1.31. The molecule has 1 amide bonds. The molecular weight excluding hydrogens is 254 g/mol. The molecule has 4 heteroatoms. The molecule has 0 aromatic heterocycles. The number of hydrogen-bond donors (Lipinski definition) is 0. The van der Waals surface area contributed by atoms with Gasteiger partial charge in [-0.25, -0.2) is 0 Å². The van der Waals surface area contributed by atoms with Crippen LogP contribution in [-0.2, 0) is 20.9 Å². The van der Waals surface area contributed by atoms with Crippen molar-refractivity contribution in [3.63, 3.8) is 0 Å². The fourth-order valence-electron chi connectivity index (χ4n) is 2.66. The monoisotopic (exact) mass is 273 g/mol. The summed E-state index contributed by atoms with van der Waals surface area (Å²) in [6.45, 7) is 6.52. The molecule has 4 nitrogen and oxygen atoms in total. The van der Waals surface area contributed by atoms with Gasteiger partial charge in [0.05, 0.1) is 18.9 Å². The van der Waals surface area contributed by atoms with Crippen molar-refractivity contribution in [2.45, 2.75) is 13.5 Å². The third-order valence-electron chi connectivity index (χ3n) is 3.65. The van der Waals surface area contributed by atoms with Gasteiger partial charge in [-0.1, -0.05) is 42.5 Å². The largest absolute Gasteiger partial charge is 0.469 e. The van der Waals surface area contributed by atoms with E-state index in [0.29, 0.717) is 18.7 Å².